The molecule has 1 saturated carbocycles. The average molecular weight is 468 g/mol. The molecule has 8 nitrogen and oxygen atoms in total. The first-order valence-electron chi connectivity index (χ1n) is 11.5. The van der Waals surface area contributed by atoms with E-state index in [2.05, 4.69) is 4.90 Å². The molecule has 0 bridgehead atoms. The second-order valence-electron chi connectivity index (χ2n) is 8.76. The maximum absolute atomic E-state index is 13.5. The molecule has 34 heavy (non-hydrogen) atoms. The fraction of sp³-hybridized carbons (Fsp3) is 0.440. The average Bonchev–Trinajstić information content (AvgIpc) is 3.68. The van der Waals surface area contributed by atoms with Gasteiger partial charge in [0.05, 0.1) is 24.3 Å². The van der Waals surface area contributed by atoms with Crippen LogP contribution in [0.15, 0.2) is 30.3 Å². The maximum atomic E-state index is 13.5. The predicted molar refractivity (Wildman–Crippen MR) is 128 cm³/mol. The van der Waals surface area contributed by atoms with Crippen LogP contribution in [0.2, 0.25) is 0 Å². The van der Waals surface area contributed by atoms with Crippen LogP contribution in [0.1, 0.15) is 43.4 Å². The molecule has 1 unspecified atom stereocenters. The summed E-state index contributed by atoms with van der Waals surface area (Å²) in [6, 6.07) is 8.10. The Morgan fingerprint density at radius 1 is 1.26 bits per heavy atom. The minimum absolute atomic E-state index is 0.0354. The standard InChI is InChI=1S/C25H30FN5O3/c1-16-14-30(10-11-31(16)22(32)9-12-33-2)25-21(24(28)34-15-27)13-20(23(29-25)18-3-4-18)17-5-7-19(26)8-6-17/h5-8,13,15-16,18,27-28H,3-4,9-12,14H2,1-2H3. The largest absolute Gasteiger partial charge is 0.428 e. The first kappa shape index (κ1) is 23.8. The Morgan fingerprint density at radius 3 is 2.62 bits per heavy atom. The number of amides is 1. The molecule has 1 aliphatic heterocycles. The normalized spacial score (nSPS) is 18.0. The summed E-state index contributed by atoms with van der Waals surface area (Å²) in [5.41, 5.74) is 3.08. The highest BCUT2D eigenvalue weighted by Gasteiger charge is 2.34. The second kappa shape index (κ2) is 10.3. The van der Waals surface area contributed by atoms with Gasteiger partial charge in [-0.25, -0.2) is 9.37 Å². The number of aromatic nitrogens is 1. The number of pyridine rings is 1. The number of piperazine rings is 1. The van der Waals surface area contributed by atoms with E-state index in [1.165, 1.54) is 12.1 Å². The molecule has 1 aliphatic carbocycles. The van der Waals surface area contributed by atoms with E-state index >= 15 is 0 Å². The Labute approximate surface area is 198 Å². The van der Waals surface area contributed by atoms with Crippen molar-refractivity contribution in [2.75, 3.05) is 38.3 Å². The fourth-order valence-corrected chi connectivity index (χ4v) is 4.43. The first-order chi connectivity index (χ1) is 16.4. The third-order valence-electron chi connectivity index (χ3n) is 6.34. The van der Waals surface area contributed by atoms with Gasteiger partial charge in [0.15, 0.2) is 6.40 Å². The fourth-order valence-electron chi connectivity index (χ4n) is 4.43. The lowest BCUT2D eigenvalue weighted by Crippen LogP contribution is -2.54. The van der Waals surface area contributed by atoms with E-state index < -0.39 is 0 Å². The number of hydrogen-bond acceptors (Lipinski definition) is 7. The summed E-state index contributed by atoms with van der Waals surface area (Å²) in [6.07, 6.45) is 3.15. The van der Waals surface area contributed by atoms with Gasteiger partial charge in [-0.05, 0) is 43.5 Å². The minimum Gasteiger partial charge on any atom is -0.428 e. The van der Waals surface area contributed by atoms with Gasteiger partial charge in [-0.3, -0.25) is 15.6 Å². The highest BCUT2D eigenvalue weighted by molar-refractivity contribution is 6.01. The van der Waals surface area contributed by atoms with Crippen LogP contribution in [0.4, 0.5) is 10.2 Å². The molecule has 0 radical (unpaired) electrons. The molecule has 2 aromatic rings. The number of carbonyl (C=O) groups excluding carboxylic acids is 1. The summed E-state index contributed by atoms with van der Waals surface area (Å²) in [5, 5.41) is 15.7. The van der Waals surface area contributed by atoms with E-state index in [1.807, 2.05) is 17.9 Å². The Morgan fingerprint density at radius 2 is 2.00 bits per heavy atom. The maximum Gasteiger partial charge on any atom is 0.225 e. The Bertz CT molecular complexity index is 1070. The number of benzene rings is 1. The zero-order valence-electron chi connectivity index (χ0n) is 19.5. The number of nitrogens with zero attached hydrogens (tertiary/aromatic N) is 3. The van der Waals surface area contributed by atoms with E-state index in [0.717, 1.165) is 36.1 Å². The van der Waals surface area contributed by atoms with Gasteiger partial charge in [0.2, 0.25) is 11.8 Å². The smallest absolute Gasteiger partial charge is 0.225 e. The molecule has 0 spiro atoms. The van der Waals surface area contributed by atoms with Gasteiger partial charge in [0.25, 0.3) is 0 Å². The number of nitrogens with one attached hydrogen (secondary N) is 2. The highest BCUT2D eigenvalue weighted by atomic mass is 19.1. The van der Waals surface area contributed by atoms with Crippen LogP contribution in [-0.4, -0.2) is 67.5 Å². The topological polar surface area (TPSA) is 103 Å². The van der Waals surface area contributed by atoms with Gasteiger partial charge in [-0.2, -0.15) is 0 Å². The molecule has 2 N–H and O–H groups in total. The van der Waals surface area contributed by atoms with Crippen LogP contribution in [0.25, 0.3) is 11.1 Å². The van der Waals surface area contributed by atoms with Crippen LogP contribution in [0.3, 0.4) is 0 Å². The summed E-state index contributed by atoms with van der Waals surface area (Å²) < 4.78 is 23.7. The predicted octanol–water partition coefficient (Wildman–Crippen LogP) is 3.79. The van der Waals surface area contributed by atoms with E-state index in [4.69, 9.17) is 25.3 Å². The van der Waals surface area contributed by atoms with Crippen LogP contribution in [-0.2, 0) is 14.3 Å². The molecule has 1 saturated heterocycles. The van der Waals surface area contributed by atoms with Gasteiger partial charge in [0, 0.05) is 44.3 Å². The molecule has 180 valence electrons. The molecular formula is C25H30FN5O3. The highest BCUT2D eigenvalue weighted by Crippen LogP contribution is 2.45. The van der Waals surface area contributed by atoms with Crippen molar-refractivity contribution in [3.8, 4) is 11.1 Å². The van der Waals surface area contributed by atoms with E-state index in [-0.39, 0.29) is 23.7 Å². The van der Waals surface area contributed by atoms with E-state index in [9.17, 15) is 9.18 Å². The Balaban J connectivity index is 1.70. The third kappa shape index (κ3) is 5.09. The van der Waals surface area contributed by atoms with Crippen molar-refractivity contribution in [3.63, 3.8) is 0 Å². The molecular weight excluding hydrogens is 437 g/mol. The Hall–Kier alpha value is -3.33. The van der Waals surface area contributed by atoms with Crippen LogP contribution in [0.5, 0.6) is 0 Å². The first-order valence-corrected chi connectivity index (χ1v) is 11.5. The van der Waals surface area contributed by atoms with Crippen molar-refractivity contribution in [1.82, 2.24) is 9.88 Å². The molecule has 2 heterocycles. The van der Waals surface area contributed by atoms with Crippen molar-refractivity contribution in [2.45, 2.75) is 38.1 Å². The van der Waals surface area contributed by atoms with E-state index in [1.54, 1.807) is 19.2 Å². The summed E-state index contributed by atoms with van der Waals surface area (Å²) in [6.45, 7) is 4.08. The number of anilines is 1. The van der Waals surface area contributed by atoms with Gasteiger partial charge in [-0.1, -0.05) is 12.1 Å². The number of ether oxygens (including phenoxy) is 2. The lowest BCUT2D eigenvalue weighted by atomic mass is 9.98. The minimum atomic E-state index is -0.312. The number of methoxy groups -OCH3 is 1. The van der Waals surface area contributed by atoms with Gasteiger partial charge in [-0.15, -0.1) is 0 Å². The molecule has 9 heteroatoms. The zero-order valence-corrected chi connectivity index (χ0v) is 19.5. The van der Waals surface area contributed by atoms with Crippen LogP contribution in [0, 0.1) is 16.6 Å². The van der Waals surface area contributed by atoms with Crippen molar-refractivity contribution < 1.29 is 18.7 Å². The summed E-state index contributed by atoms with van der Waals surface area (Å²) in [4.78, 5) is 21.5. The van der Waals surface area contributed by atoms with Crippen molar-refractivity contribution in [3.05, 3.63) is 47.4 Å². The molecule has 1 amide bonds. The van der Waals surface area contributed by atoms with Crippen molar-refractivity contribution in [2.24, 2.45) is 0 Å². The SMILES string of the molecule is COCCC(=O)N1CCN(c2nc(C3CC3)c(-c3ccc(F)cc3)cc2C(=N)OC=N)CC1C. The molecule has 1 atom stereocenters. The number of hydrogen-bond donors (Lipinski definition) is 2. The summed E-state index contributed by atoms with van der Waals surface area (Å²) in [5.74, 6) is 0.519. The molecule has 4 rings (SSSR count). The lowest BCUT2D eigenvalue weighted by molar-refractivity contribution is -0.134. The monoisotopic (exact) mass is 467 g/mol. The molecule has 1 aromatic heterocycles. The van der Waals surface area contributed by atoms with Crippen molar-refractivity contribution in [1.29, 1.82) is 10.8 Å². The van der Waals surface area contributed by atoms with Crippen molar-refractivity contribution >= 4 is 24.0 Å². The van der Waals surface area contributed by atoms with Gasteiger partial charge >= 0.3 is 0 Å². The van der Waals surface area contributed by atoms with Crippen LogP contribution < -0.4 is 4.90 Å². The summed E-state index contributed by atoms with van der Waals surface area (Å²) in [7, 11) is 1.58. The lowest BCUT2D eigenvalue weighted by Gasteiger charge is -2.41. The number of carbonyl (C=O) groups is 1. The zero-order chi connectivity index (χ0) is 24.2. The quantitative estimate of drug-likeness (QED) is 0.454. The summed E-state index contributed by atoms with van der Waals surface area (Å²) >= 11 is 0. The molecule has 2 fully saturated rings. The number of rotatable bonds is 8. The third-order valence-corrected chi connectivity index (χ3v) is 6.34. The molecule has 1 aromatic carbocycles. The number of halogens is 1. The second-order valence-corrected chi connectivity index (χ2v) is 8.76. The molecule has 2 aliphatic rings. The van der Waals surface area contributed by atoms with Gasteiger partial charge in [0.1, 0.15) is 11.6 Å². The van der Waals surface area contributed by atoms with Gasteiger partial charge < -0.3 is 19.3 Å². The Kier molecular flexibility index (Phi) is 7.21. The van der Waals surface area contributed by atoms with E-state index in [0.29, 0.717) is 50.0 Å². The van der Waals surface area contributed by atoms with Crippen LogP contribution >= 0.6 is 0 Å².